The molecule has 3 heterocycles. The standard InChI is InChI=1S/C24H32N2O5S2/c1-16-17(2)20(30-3)9-8-18(16)14-25-13-10-19-21(15-25)32-24(22(19)23(27)31-4)33(28,29)26-11-6-5-7-12-26/h8-9H,5-7,10-15H2,1-4H3. The first-order valence-corrected chi connectivity index (χ1v) is 13.6. The van der Waals surface area contributed by atoms with Gasteiger partial charge in [0.2, 0.25) is 0 Å². The number of esters is 1. The Morgan fingerprint density at radius 3 is 2.45 bits per heavy atom. The molecule has 9 heteroatoms. The molecule has 7 nitrogen and oxygen atoms in total. The van der Waals surface area contributed by atoms with Crippen molar-refractivity contribution in [3.05, 3.63) is 44.8 Å². The smallest absolute Gasteiger partial charge is 0.340 e. The fourth-order valence-corrected chi connectivity index (χ4v) is 8.35. The highest BCUT2D eigenvalue weighted by molar-refractivity contribution is 7.91. The topological polar surface area (TPSA) is 76.2 Å². The van der Waals surface area contributed by atoms with Gasteiger partial charge >= 0.3 is 5.97 Å². The van der Waals surface area contributed by atoms with Gasteiger partial charge in [-0.2, -0.15) is 4.31 Å². The lowest BCUT2D eigenvalue weighted by molar-refractivity contribution is 0.0595. The van der Waals surface area contributed by atoms with Gasteiger partial charge < -0.3 is 9.47 Å². The number of thiophene rings is 1. The molecule has 0 spiro atoms. The van der Waals surface area contributed by atoms with Crippen molar-refractivity contribution in [3.63, 3.8) is 0 Å². The van der Waals surface area contributed by atoms with Crippen LogP contribution >= 0.6 is 11.3 Å². The first-order valence-electron chi connectivity index (χ1n) is 11.4. The minimum absolute atomic E-state index is 0.152. The van der Waals surface area contributed by atoms with Crippen molar-refractivity contribution in [2.75, 3.05) is 33.9 Å². The van der Waals surface area contributed by atoms with Crippen molar-refractivity contribution in [3.8, 4) is 5.75 Å². The van der Waals surface area contributed by atoms with Crippen LogP contribution in [0.2, 0.25) is 0 Å². The number of hydrogen-bond donors (Lipinski definition) is 0. The number of piperidine rings is 1. The van der Waals surface area contributed by atoms with E-state index < -0.39 is 16.0 Å². The zero-order valence-corrected chi connectivity index (χ0v) is 21.4. The number of carbonyl (C=O) groups excluding carboxylic acids is 1. The zero-order valence-electron chi connectivity index (χ0n) is 19.8. The zero-order chi connectivity index (χ0) is 23.8. The summed E-state index contributed by atoms with van der Waals surface area (Å²) < 4.78 is 39.1. The highest BCUT2D eigenvalue weighted by Crippen LogP contribution is 2.39. The highest BCUT2D eigenvalue weighted by Gasteiger charge is 2.37. The van der Waals surface area contributed by atoms with Crippen molar-refractivity contribution >= 4 is 27.3 Å². The van der Waals surface area contributed by atoms with Gasteiger partial charge in [-0.25, -0.2) is 13.2 Å². The maximum Gasteiger partial charge on any atom is 0.340 e. The molecule has 0 amide bonds. The molecule has 0 aliphatic carbocycles. The third-order valence-corrected chi connectivity index (χ3v) is 10.5. The molecule has 0 N–H and O–H groups in total. The molecular weight excluding hydrogens is 460 g/mol. The van der Waals surface area contributed by atoms with Gasteiger partial charge in [0, 0.05) is 37.6 Å². The second-order valence-corrected chi connectivity index (χ2v) is 12.0. The molecule has 1 saturated heterocycles. The molecular formula is C24H32N2O5S2. The Morgan fingerprint density at radius 1 is 1.06 bits per heavy atom. The molecule has 0 atom stereocenters. The average Bonchev–Trinajstić information content (AvgIpc) is 3.22. The maximum absolute atomic E-state index is 13.5. The van der Waals surface area contributed by atoms with E-state index >= 15 is 0 Å². The molecule has 0 saturated carbocycles. The van der Waals surface area contributed by atoms with E-state index in [0.717, 1.165) is 54.1 Å². The molecule has 1 aromatic heterocycles. The maximum atomic E-state index is 13.5. The Morgan fingerprint density at radius 2 is 1.79 bits per heavy atom. The van der Waals surface area contributed by atoms with E-state index in [-0.39, 0.29) is 9.77 Å². The summed E-state index contributed by atoms with van der Waals surface area (Å²) in [5.41, 5.74) is 4.64. The summed E-state index contributed by atoms with van der Waals surface area (Å²) in [5, 5.41) is 0. The fraction of sp³-hybridized carbons (Fsp3) is 0.542. The summed E-state index contributed by atoms with van der Waals surface area (Å²) in [7, 11) is -0.727. The molecule has 2 aliphatic heterocycles. The first-order chi connectivity index (χ1) is 15.8. The quantitative estimate of drug-likeness (QED) is 0.570. The molecule has 4 rings (SSSR count). The van der Waals surface area contributed by atoms with E-state index in [9.17, 15) is 13.2 Å². The predicted molar refractivity (Wildman–Crippen MR) is 129 cm³/mol. The van der Waals surface area contributed by atoms with E-state index in [1.807, 2.05) is 6.07 Å². The average molecular weight is 493 g/mol. The summed E-state index contributed by atoms with van der Waals surface area (Å²) in [6.45, 7) is 7.31. The number of benzene rings is 1. The van der Waals surface area contributed by atoms with Crippen molar-refractivity contribution < 1.29 is 22.7 Å². The molecule has 0 bridgehead atoms. The monoisotopic (exact) mass is 492 g/mol. The van der Waals surface area contributed by atoms with Crippen molar-refractivity contribution in [1.29, 1.82) is 0 Å². The van der Waals surface area contributed by atoms with Crippen LogP contribution in [0.4, 0.5) is 0 Å². The van der Waals surface area contributed by atoms with Gasteiger partial charge in [0.05, 0.1) is 19.8 Å². The first kappa shape index (κ1) is 24.2. The van der Waals surface area contributed by atoms with Crippen LogP contribution in [0.15, 0.2) is 16.3 Å². The SMILES string of the molecule is COC(=O)c1c(S(=O)(=O)N2CCCCC2)sc2c1CCN(Cc1ccc(OC)c(C)c1C)C2. The van der Waals surface area contributed by atoms with Gasteiger partial charge in [0.25, 0.3) is 10.0 Å². The lowest BCUT2D eigenvalue weighted by Crippen LogP contribution is -2.36. The molecule has 1 aromatic carbocycles. The van der Waals surface area contributed by atoms with Gasteiger partial charge in [-0.3, -0.25) is 4.90 Å². The van der Waals surface area contributed by atoms with Gasteiger partial charge in [-0.05, 0) is 61.4 Å². The molecule has 0 unspecified atom stereocenters. The van der Waals surface area contributed by atoms with E-state index in [2.05, 4.69) is 24.8 Å². The number of carbonyl (C=O) groups is 1. The van der Waals surface area contributed by atoms with Crippen LogP contribution < -0.4 is 4.74 Å². The summed E-state index contributed by atoms with van der Waals surface area (Å²) >= 11 is 1.24. The van der Waals surface area contributed by atoms with Crippen LogP contribution in [0.5, 0.6) is 5.75 Å². The summed E-state index contributed by atoms with van der Waals surface area (Å²) in [4.78, 5) is 15.9. The molecule has 180 valence electrons. The Kier molecular flexibility index (Phi) is 7.14. The van der Waals surface area contributed by atoms with Crippen LogP contribution in [0.25, 0.3) is 0 Å². The normalized spacial score (nSPS) is 17.6. The number of ether oxygens (including phenoxy) is 2. The minimum Gasteiger partial charge on any atom is -0.496 e. The predicted octanol–water partition coefficient (Wildman–Crippen LogP) is 3.89. The van der Waals surface area contributed by atoms with Crippen LogP contribution in [0.3, 0.4) is 0 Å². The van der Waals surface area contributed by atoms with Crippen molar-refractivity contribution in [2.45, 2.75) is 56.8 Å². The Balaban J connectivity index is 1.64. The number of fused-ring (bicyclic) bond motifs is 1. The van der Waals surface area contributed by atoms with E-state index in [4.69, 9.17) is 9.47 Å². The van der Waals surface area contributed by atoms with Gasteiger partial charge in [0.15, 0.2) is 0 Å². The Hall–Kier alpha value is -1.94. The Bertz CT molecular complexity index is 1150. The fourth-order valence-electron chi connectivity index (χ4n) is 4.76. The molecule has 2 aromatic rings. The number of sulfonamides is 1. The molecule has 33 heavy (non-hydrogen) atoms. The van der Waals surface area contributed by atoms with Crippen LogP contribution in [-0.4, -0.2) is 57.4 Å². The third-order valence-electron chi connectivity index (χ3n) is 6.85. The number of nitrogens with zero attached hydrogens (tertiary/aromatic N) is 2. The van der Waals surface area contributed by atoms with Crippen LogP contribution in [0.1, 0.15) is 56.8 Å². The number of hydrogen-bond acceptors (Lipinski definition) is 7. The summed E-state index contributed by atoms with van der Waals surface area (Å²) in [6.07, 6.45) is 3.37. The minimum atomic E-state index is -3.72. The van der Waals surface area contributed by atoms with Crippen molar-refractivity contribution in [1.82, 2.24) is 9.21 Å². The largest absolute Gasteiger partial charge is 0.496 e. The van der Waals surface area contributed by atoms with Crippen molar-refractivity contribution in [2.24, 2.45) is 0 Å². The van der Waals surface area contributed by atoms with Crippen LogP contribution in [0, 0.1) is 13.8 Å². The second kappa shape index (κ2) is 9.74. The van der Waals surface area contributed by atoms with Gasteiger partial charge in [-0.1, -0.05) is 12.5 Å². The summed E-state index contributed by atoms with van der Waals surface area (Å²) in [6, 6.07) is 4.09. The highest BCUT2D eigenvalue weighted by atomic mass is 32.2. The van der Waals surface area contributed by atoms with Crippen LogP contribution in [-0.2, 0) is 34.3 Å². The second-order valence-electron chi connectivity index (χ2n) is 8.76. The number of rotatable bonds is 6. The van der Waals surface area contributed by atoms with Gasteiger partial charge in [0.1, 0.15) is 9.96 Å². The van der Waals surface area contributed by atoms with E-state index in [1.165, 1.54) is 33.9 Å². The Labute approximate surface area is 200 Å². The number of methoxy groups -OCH3 is 2. The molecule has 2 aliphatic rings. The lowest BCUT2D eigenvalue weighted by Gasteiger charge is -2.28. The van der Waals surface area contributed by atoms with E-state index in [1.54, 1.807) is 7.11 Å². The third kappa shape index (κ3) is 4.56. The lowest BCUT2D eigenvalue weighted by atomic mass is 9.99. The molecule has 1 fully saturated rings. The molecule has 0 radical (unpaired) electrons. The van der Waals surface area contributed by atoms with Gasteiger partial charge in [-0.15, -0.1) is 11.3 Å². The summed E-state index contributed by atoms with van der Waals surface area (Å²) in [5.74, 6) is 0.323. The van der Waals surface area contributed by atoms with E-state index in [0.29, 0.717) is 26.1 Å².